The monoisotopic (exact) mass is 276 g/mol. The van der Waals surface area contributed by atoms with E-state index in [1.807, 2.05) is 0 Å². The first-order chi connectivity index (χ1) is 8.54. The average Bonchev–Trinajstić information content (AvgIpc) is 2.24. The minimum absolute atomic E-state index is 0.0629. The van der Waals surface area contributed by atoms with E-state index in [9.17, 15) is 18.3 Å². The number of benzene rings is 1. The molecule has 3 nitrogen and oxygen atoms in total. The number of halogens is 3. The van der Waals surface area contributed by atoms with Crippen LogP contribution in [0, 0.1) is 0 Å². The molecule has 3 N–H and O–H groups in total. The van der Waals surface area contributed by atoms with Gasteiger partial charge in [-0.25, -0.2) is 0 Å². The molecule has 0 radical (unpaired) electrons. The third-order valence-corrected chi connectivity index (χ3v) is 2.68. The van der Waals surface area contributed by atoms with Gasteiger partial charge in [0.25, 0.3) is 0 Å². The van der Waals surface area contributed by atoms with Crippen molar-refractivity contribution in [2.45, 2.75) is 32.2 Å². The molecule has 0 bridgehead atoms. The molecular weight excluding hydrogens is 257 g/mol. The molecule has 0 saturated heterocycles. The summed E-state index contributed by atoms with van der Waals surface area (Å²) < 4.78 is 38.7. The second-order valence-electron chi connectivity index (χ2n) is 5.21. The molecule has 1 rings (SSSR count). The number of aliphatic hydroxyl groups is 1. The third kappa shape index (κ3) is 4.40. The Balaban J connectivity index is 3.12. The maximum atomic E-state index is 12.9. The van der Waals surface area contributed by atoms with E-state index in [0.29, 0.717) is 5.69 Å². The topological polar surface area (TPSA) is 49.5 Å². The number of nitrogens with zero attached hydrogens (tertiary/aromatic N) is 1. The van der Waals surface area contributed by atoms with E-state index in [-0.39, 0.29) is 18.7 Å². The Morgan fingerprint density at radius 3 is 2.26 bits per heavy atom. The van der Waals surface area contributed by atoms with Crippen LogP contribution in [-0.2, 0) is 12.7 Å². The summed E-state index contributed by atoms with van der Waals surface area (Å²) in [7, 11) is 1.63. The highest BCUT2D eigenvalue weighted by atomic mass is 19.4. The van der Waals surface area contributed by atoms with E-state index < -0.39 is 17.3 Å². The molecule has 0 spiro atoms. The van der Waals surface area contributed by atoms with Crippen molar-refractivity contribution in [2.24, 2.45) is 5.73 Å². The maximum absolute atomic E-state index is 12.9. The van der Waals surface area contributed by atoms with E-state index in [1.165, 1.54) is 6.07 Å². The van der Waals surface area contributed by atoms with Crippen molar-refractivity contribution >= 4 is 5.69 Å². The highest BCUT2D eigenvalue weighted by molar-refractivity contribution is 5.51. The largest absolute Gasteiger partial charge is 0.416 e. The smallest absolute Gasteiger partial charge is 0.389 e. The van der Waals surface area contributed by atoms with Crippen molar-refractivity contribution in [3.05, 3.63) is 29.3 Å². The summed E-state index contributed by atoms with van der Waals surface area (Å²) in [5, 5.41) is 9.70. The molecule has 0 atom stereocenters. The number of hydrogen-bond donors (Lipinski definition) is 2. The molecule has 0 amide bonds. The average molecular weight is 276 g/mol. The molecule has 19 heavy (non-hydrogen) atoms. The Kier molecular flexibility index (Phi) is 4.47. The second kappa shape index (κ2) is 5.38. The van der Waals surface area contributed by atoms with Crippen LogP contribution in [0.25, 0.3) is 0 Å². The fourth-order valence-electron chi connectivity index (χ4n) is 1.92. The summed E-state index contributed by atoms with van der Waals surface area (Å²) in [6, 6.07) is 4.01. The summed E-state index contributed by atoms with van der Waals surface area (Å²) in [5.74, 6) is 0. The SMILES string of the molecule is CN(CC(C)(C)O)c1ccc(CN)c(C(F)(F)F)c1. The van der Waals surface area contributed by atoms with Crippen LogP contribution >= 0.6 is 0 Å². The van der Waals surface area contributed by atoms with E-state index in [4.69, 9.17) is 5.73 Å². The number of rotatable bonds is 4. The Bertz CT molecular complexity index is 438. The minimum atomic E-state index is -4.43. The molecule has 1 aromatic rings. The van der Waals surface area contributed by atoms with E-state index in [1.54, 1.807) is 31.9 Å². The third-order valence-electron chi connectivity index (χ3n) is 2.68. The molecule has 0 aliphatic heterocycles. The molecule has 0 fully saturated rings. The number of likely N-dealkylation sites (N-methyl/N-ethyl adjacent to an activating group) is 1. The molecule has 0 saturated carbocycles. The van der Waals surface area contributed by atoms with Crippen molar-refractivity contribution in [1.82, 2.24) is 0 Å². The quantitative estimate of drug-likeness (QED) is 0.887. The Hall–Kier alpha value is -1.27. The van der Waals surface area contributed by atoms with Crippen LogP contribution in [0.2, 0.25) is 0 Å². The van der Waals surface area contributed by atoms with Gasteiger partial charge in [-0.2, -0.15) is 13.2 Å². The van der Waals surface area contributed by atoms with Gasteiger partial charge in [-0.05, 0) is 31.5 Å². The minimum Gasteiger partial charge on any atom is -0.389 e. The van der Waals surface area contributed by atoms with Gasteiger partial charge in [0.1, 0.15) is 0 Å². The Labute approximate surface area is 110 Å². The molecule has 1 aromatic carbocycles. The number of alkyl halides is 3. The summed E-state index contributed by atoms with van der Waals surface area (Å²) in [6.07, 6.45) is -4.43. The van der Waals surface area contributed by atoms with Gasteiger partial charge in [-0.3, -0.25) is 0 Å². The lowest BCUT2D eigenvalue weighted by Gasteiger charge is -2.28. The lowest BCUT2D eigenvalue weighted by Crippen LogP contribution is -2.36. The number of nitrogens with two attached hydrogens (primary N) is 1. The molecule has 0 heterocycles. The van der Waals surface area contributed by atoms with Crippen molar-refractivity contribution in [1.29, 1.82) is 0 Å². The lowest BCUT2D eigenvalue weighted by atomic mass is 10.0. The van der Waals surface area contributed by atoms with Crippen molar-refractivity contribution in [2.75, 3.05) is 18.5 Å². The molecule has 108 valence electrons. The first kappa shape index (κ1) is 15.8. The maximum Gasteiger partial charge on any atom is 0.416 e. The predicted molar refractivity (Wildman–Crippen MR) is 68.9 cm³/mol. The normalized spacial score (nSPS) is 12.6. The van der Waals surface area contributed by atoms with Crippen LogP contribution in [0.1, 0.15) is 25.0 Å². The Morgan fingerprint density at radius 2 is 1.84 bits per heavy atom. The fraction of sp³-hybridized carbons (Fsp3) is 0.538. The van der Waals surface area contributed by atoms with Crippen LogP contribution in [-0.4, -0.2) is 24.3 Å². The molecule has 6 heteroatoms. The van der Waals surface area contributed by atoms with Crippen molar-refractivity contribution in [3.8, 4) is 0 Å². The standard InChI is InChI=1S/C13H19F3N2O/c1-12(2,19)8-18(3)10-5-4-9(7-17)11(6-10)13(14,15)16/h4-6,19H,7-8,17H2,1-3H3. The van der Waals surface area contributed by atoms with Crippen LogP contribution < -0.4 is 10.6 Å². The molecule has 0 unspecified atom stereocenters. The summed E-state index contributed by atoms with van der Waals surface area (Å²) >= 11 is 0. The number of hydrogen-bond acceptors (Lipinski definition) is 3. The van der Waals surface area contributed by atoms with Gasteiger partial charge in [0, 0.05) is 25.8 Å². The van der Waals surface area contributed by atoms with Crippen molar-refractivity contribution in [3.63, 3.8) is 0 Å². The zero-order chi connectivity index (χ0) is 14.8. The van der Waals surface area contributed by atoms with E-state index >= 15 is 0 Å². The second-order valence-corrected chi connectivity index (χ2v) is 5.21. The van der Waals surface area contributed by atoms with Gasteiger partial charge in [-0.15, -0.1) is 0 Å². The van der Waals surface area contributed by atoms with E-state index in [0.717, 1.165) is 6.07 Å². The Morgan fingerprint density at radius 1 is 1.26 bits per heavy atom. The van der Waals surface area contributed by atoms with Gasteiger partial charge in [0.15, 0.2) is 0 Å². The zero-order valence-corrected chi connectivity index (χ0v) is 11.3. The zero-order valence-electron chi connectivity index (χ0n) is 11.3. The summed E-state index contributed by atoms with van der Waals surface area (Å²) in [6.45, 7) is 3.27. The van der Waals surface area contributed by atoms with Gasteiger partial charge in [0.2, 0.25) is 0 Å². The first-order valence-corrected chi connectivity index (χ1v) is 5.88. The van der Waals surface area contributed by atoms with Gasteiger partial charge in [-0.1, -0.05) is 6.07 Å². The highest BCUT2D eigenvalue weighted by Gasteiger charge is 2.33. The lowest BCUT2D eigenvalue weighted by molar-refractivity contribution is -0.138. The van der Waals surface area contributed by atoms with Crippen molar-refractivity contribution < 1.29 is 18.3 Å². The number of anilines is 1. The highest BCUT2D eigenvalue weighted by Crippen LogP contribution is 2.34. The molecule has 0 aliphatic rings. The predicted octanol–water partition coefficient (Wildman–Crippen LogP) is 2.37. The van der Waals surface area contributed by atoms with E-state index in [2.05, 4.69) is 0 Å². The molecular formula is C13H19F3N2O. The van der Waals surface area contributed by atoms with Crippen LogP contribution in [0.5, 0.6) is 0 Å². The van der Waals surface area contributed by atoms with Crippen LogP contribution in [0.4, 0.5) is 18.9 Å². The summed E-state index contributed by atoms with van der Waals surface area (Å²) in [4.78, 5) is 1.58. The van der Waals surface area contributed by atoms with Crippen LogP contribution in [0.15, 0.2) is 18.2 Å². The summed E-state index contributed by atoms with van der Waals surface area (Å²) in [5.41, 5.74) is 4.07. The van der Waals surface area contributed by atoms with Gasteiger partial charge in [0.05, 0.1) is 11.2 Å². The van der Waals surface area contributed by atoms with Gasteiger partial charge < -0.3 is 15.7 Å². The fourth-order valence-corrected chi connectivity index (χ4v) is 1.92. The van der Waals surface area contributed by atoms with Gasteiger partial charge >= 0.3 is 6.18 Å². The van der Waals surface area contributed by atoms with Crippen LogP contribution in [0.3, 0.4) is 0 Å². The molecule has 0 aromatic heterocycles. The first-order valence-electron chi connectivity index (χ1n) is 5.88. The molecule has 0 aliphatic carbocycles.